The molecule has 0 bridgehead atoms. The van der Waals surface area contributed by atoms with Gasteiger partial charge in [0.05, 0.1) is 0 Å². The number of carboxylic acids is 1. The molecule has 5 nitrogen and oxygen atoms in total. The number of nitrogens with zero attached hydrogens (tertiary/aromatic N) is 1. The monoisotopic (exact) mass is 250 g/mol. The number of aliphatic carboxylic acids is 1. The molecular formula is C13H18N2O3. The molecule has 0 spiro atoms. The van der Waals surface area contributed by atoms with Gasteiger partial charge in [-0.25, -0.2) is 0 Å². The Morgan fingerprint density at radius 2 is 2.22 bits per heavy atom. The van der Waals surface area contributed by atoms with Gasteiger partial charge in [-0.2, -0.15) is 0 Å². The number of hydrogen-bond donors (Lipinski definition) is 2. The Kier molecular flexibility index (Phi) is 5.30. The quantitative estimate of drug-likeness (QED) is 0.806. The van der Waals surface area contributed by atoms with E-state index in [4.69, 9.17) is 5.11 Å². The summed E-state index contributed by atoms with van der Waals surface area (Å²) in [5.74, 6) is -0.957. The van der Waals surface area contributed by atoms with E-state index in [9.17, 15) is 9.59 Å². The van der Waals surface area contributed by atoms with Crippen LogP contribution in [0.25, 0.3) is 0 Å². The molecule has 1 amide bonds. The van der Waals surface area contributed by atoms with Gasteiger partial charge in [0.25, 0.3) is 5.91 Å². The molecule has 98 valence electrons. The third-order valence-corrected chi connectivity index (χ3v) is 2.56. The van der Waals surface area contributed by atoms with E-state index < -0.39 is 5.97 Å². The number of carboxylic acid groups (broad SMARTS) is 1. The van der Waals surface area contributed by atoms with Gasteiger partial charge in [0.15, 0.2) is 0 Å². The van der Waals surface area contributed by atoms with E-state index in [1.54, 1.807) is 18.3 Å². The number of hydrogen-bond acceptors (Lipinski definition) is 3. The van der Waals surface area contributed by atoms with Gasteiger partial charge in [0.2, 0.25) is 0 Å². The molecule has 0 aliphatic rings. The highest BCUT2D eigenvalue weighted by Gasteiger charge is 2.10. The van der Waals surface area contributed by atoms with E-state index in [0.29, 0.717) is 18.4 Å². The van der Waals surface area contributed by atoms with Crippen LogP contribution in [-0.2, 0) is 4.79 Å². The SMILES string of the molecule is Cc1cc(C(=O)NC(C)CCCC(=O)O)ccn1. The van der Waals surface area contributed by atoms with E-state index in [2.05, 4.69) is 10.3 Å². The first-order valence-corrected chi connectivity index (χ1v) is 5.94. The number of aryl methyl sites for hydroxylation is 1. The number of carbonyl (C=O) groups is 2. The Bertz CT molecular complexity index is 432. The van der Waals surface area contributed by atoms with Gasteiger partial charge in [0, 0.05) is 29.9 Å². The van der Waals surface area contributed by atoms with Crippen molar-refractivity contribution in [1.29, 1.82) is 0 Å². The van der Waals surface area contributed by atoms with Crippen LogP contribution in [0.15, 0.2) is 18.3 Å². The molecule has 1 rings (SSSR count). The molecular weight excluding hydrogens is 232 g/mol. The summed E-state index contributed by atoms with van der Waals surface area (Å²) in [7, 11) is 0. The summed E-state index contributed by atoms with van der Waals surface area (Å²) >= 11 is 0. The summed E-state index contributed by atoms with van der Waals surface area (Å²) in [6.45, 7) is 3.70. The zero-order valence-electron chi connectivity index (χ0n) is 10.6. The second-order valence-electron chi connectivity index (χ2n) is 4.35. The Hall–Kier alpha value is -1.91. The molecule has 1 unspecified atom stereocenters. The Morgan fingerprint density at radius 3 is 2.83 bits per heavy atom. The van der Waals surface area contributed by atoms with Crippen molar-refractivity contribution in [2.45, 2.75) is 39.2 Å². The van der Waals surface area contributed by atoms with Crippen LogP contribution in [0.5, 0.6) is 0 Å². The highest BCUT2D eigenvalue weighted by atomic mass is 16.4. The first-order valence-electron chi connectivity index (χ1n) is 5.94. The van der Waals surface area contributed by atoms with E-state index >= 15 is 0 Å². The Morgan fingerprint density at radius 1 is 1.50 bits per heavy atom. The third kappa shape index (κ3) is 4.95. The van der Waals surface area contributed by atoms with Gasteiger partial charge < -0.3 is 10.4 Å². The fraction of sp³-hybridized carbons (Fsp3) is 0.462. The maximum Gasteiger partial charge on any atom is 0.303 e. The molecule has 0 radical (unpaired) electrons. The molecule has 1 aromatic heterocycles. The summed E-state index contributed by atoms with van der Waals surface area (Å²) in [4.78, 5) is 26.2. The summed E-state index contributed by atoms with van der Waals surface area (Å²) in [6, 6.07) is 3.34. The smallest absolute Gasteiger partial charge is 0.303 e. The molecule has 0 fully saturated rings. The fourth-order valence-corrected chi connectivity index (χ4v) is 1.63. The Balaban J connectivity index is 2.42. The van der Waals surface area contributed by atoms with Gasteiger partial charge in [-0.1, -0.05) is 0 Å². The van der Waals surface area contributed by atoms with E-state index in [-0.39, 0.29) is 18.4 Å². The molecule has 0 aliphatic heterocycles. The molecule has 0 saturated carbocycles. The summed E-state index contributed by atoms with van der Waals surface area (Å²) in [5, 5.41) is 11.4. The van der Waals surface area contributed by atoms with Gasteiger partial charge >= 0.3 is 5.97 Å². The predicted octanol–water partition coefficient (Wildman–Crippen LogP) is 1.76. The minimum Gasteiger partial charge on any atom is -0.481 e. The molecule has 5 heteroatoms. The zero-order chi connectivity index (χ0) is 13.5. The molecule has 1 heterocycles. The average molecular weight is 250 g/mol. The minimum absolute atomic E-state index is 0.0367. The van der Waals surface area contributed by atoms with Crippen molar-refractivity contribution in [2.24, 2.45) is 0 Å². The number of amides is 1. The van der Waals surface area contributed by atoms with E-state index in [0.717, 1.165) is 5.69 Å². The third-order valence-electron chi connectivity index (χ3n) is 2.56. The normalized spacial score (nSPS) is 11.9. The number of rotatable bonds is 6. The van der Waals surface area contributed by atoms with Crippen molar-refractivity contribution in [2.75, 3.05) is 0 Å². The van der Waals surface area contributed by atoms with Gasteiger partial charge in [-0.15, -0.1) is 0 Å². The summed E-state index contributed by atoms with van der Waals surface area (Å²) in [6.07, 6.45) is 2.95. The lowest BCUT2D eigenvalue weighted by Gasteiger charge is -2.13. The van der Waals surface area contributed by atoms with Crippen LogP contribution in [-0.4, -0.2) is 28.0 Å². The van der Waals surface area contributed by atoms with Crippen molar-refractivity contribution in [3.8, 4) is 0 Å². The molecule has 1 atom stereocenters. The van der Waals surface area contributed by atoms with Crippen LogP contribution in [0.3, 0.4) is 0 Å². The second-order valence-corrected chi connectivity index (χ2v) is 4.35. The van der Waals surface area contributed by atoms with Crippen molar-refractivity contribution >= 4 is 11.9 Å². The fourth-order valence-electron chi connectivity index (χ4n) is 1.63. The Labute approximate surface area is 106 Å². The van der Waals surface area contributed by atoms with Crippen LogP contribution in [0.4, 0.5) is 0 Å². The van der Waals surface area contributed by atoms with Gasteiger partial charge in [0.1, 0.15) is 0 Å². The standard InChI is InChI=1S/C13H18N2O3/c1-9(4-3-5-12(16)17)15-13(18)11-6-7-14-10(2)8-11/h6-9H,3-5H2,1-2H3,(H,15,18)(H,16,17). The van der Waals surface area contributed by atoms with Crippen molar-refractivity contribution in [3.05, 3.63) is 29.6 Å². The molecule has 0 aliphatic carbocycles. The van der Waals surface area contributed by atoms with Crippen LogP contribution in [0.2, 0.25) is 0 Å². The lowest BCUT2D eigenvalue weighted by atomic mass is 10.1. The van der Waals surface area contributed by atoms with E-state index in [1.165, 1.54) is 0 Å². The van der Waals surface area contributed by atoms with Crippen molar-refractivity contribution in [3.63, 3.8) is 0 Å². The topological polar surface area (TPSA) is 79.3 Å². The maximum atomic E-state index is 11.8. The minimum atomic E-state index is -0.807. The number of carbonyl (C=O) groups excluding carboxylic acids is 1. The second kappa shape index (κ2) is 6.74. The molecule has 2 N–H and O–H groups in total. The van der Waals surface area contributed by atoms with Gasteiger partial charge in [-0.3, -0.25) is 14.6 Å². The van der Waals surface area contributed by atoms with E-state index in [1.807, 2.05) is 13.8 Å². The average Bonchev–Trinajstić information content (AvgIpc) is 2.28. The molecule has 18 heavy (non-hydrogen) atoms. The molecule has 0 aromatic carbocycles. The first kappa shape index (κ1) is 14.2. The maximum absolute atomic E-state index is 11.8. The van der Waals surface area contributed by atoms with Crippen LogP contribution < -0.4 is 5.32 Å². The van der Waals surface area contributed by atoms with Crippen LogP contribution in [0, 0.1) is 6.92 Å². The predicted molar refractivity (Wildman–Crippen MR) is 67.4 cm³/mol. The highest BCUT2D eigenvalue weighted by molar-refractivity contribution is 5.94. The largest absolute Gasteiger partial charge is 0.481 e. The summed E-state index contributed by atoms with van der Waals surface area (Å²) < 4.78 is 0. The zero-order valence-corrected chi connectivity index (χ0v) is 10.6. The molecule has 0 saturated heterocycles. The first-order chi connectivity index (χ1) is 8.49. The number of nitrogens with one attached hydrogen (secondary N) is 1. The van der Waals surface area contributed by atoms with Crippen molar-refractivity contribution in [1.82, 2.24) is 10.3 Å². The highest BCUT2D eigenvalue weighted by Crippen LogP contribution is 2.04. The lowest BCUT2D eigenvalue weighted by molar-refractivity contribution is -0.137. The lowest BCUT2D eigenvalue weighted by Crippen LogP contribution is -2.32. The molecule has 1 aromatic rings. The van der Waals surface area contributed by atoms with Crippen LogP contribution >= 0.6 is 0 Å². The number of pyridine rings is 1. The number of aromatic nitrogens is 1. The summed E-state index contributed by atoms with van der Waals surface area (Å²) in [5.41, 5.74) is 1.37. The van der Waals surface area contributed by atoms with Crippen LogP contribution in [0.1, 0.15) is 42.2 Å². The van der Waals surface area contributed by atoms with Crippen molar-refractivity contribution < 1.29 is 14.7 Å². The van der Waals surface area contributed by atoms with Gasteiger partial charge in [-0.05, 0) is 38.8 Å².